The molecule has 0 N–H and O–H groups in total. The van der Waals surface area contributed by atoms with Crippen LogP contribution in [0.4, 0.5) is 0 Å². The smallest absolute Gasteiger partial charge is 0.0233 e. The molecule has 0 unspecified atom stereocenters. The minimum Gasteiger partial charge on any atom is -0.303 e. The van der Waals surface area contributed by atoms with Crippen LogP contribution in [0, 0.1) is 0 Å². The lowest BCUT2D eigenvalue weighted by Gasteiger charge is -2.36. The van der Waals surface area contributed by atoms with Crippen LogP contribution in [0.2, 0.25) is 0 Å². The Hall–Kier alpha value is -0.860. The Bertz CT molecular complexity index is 315. The summed E-state index contributed by atoms with van der Waals surface area (Å²) in [6, 6.07) is 11.5. The topological polar surface area (TPSA) is 6.48 Å². The first kappa shape index (κ1) is 12.6. The summed E-state index contributed by atoms with van der Waals surface area (Å²) in [6.45, 7) is 7.07. The average molecular weight is 232 g/mol. The maximum absolute atomic E-state index is 2.55. The van der Waals surface area contributed by atoms with E-state index in [0.29, 0.717) is 0 Å². The van der Waals surface area contributed by atoms with Gasteiger partial charge in [-0.15, -0.1) is 0 Å². The van der Waals surface area contributed by atoms with Crippen molar-refractivity contribution >= 4 is 0 Å². The molecule has 2 rings (SSSR count). The van der Waals surface area contributed by atoms with E-state index in [4.69, 9.17) is 0 Å². The number of benzene rings is 1. The summed E-state index contributed by atoms with van der Waals surface area (Å²) < 4.78 is 0. The highest BCUT2D eigenvalue weighted by Gasteiger charge is 2.21. The van der Waals surface area contributed by atoms with Gasteiger partial charge in [0.05, 0.1) is 0 Å². The van der Waals surface area contributed by atoms with E-state index in [0.717, 1.165) is 12.6 Å². The van der Waals surface area contributed by atoms with Crippen molar-refractivity contribution in [2.45, 2.75) is 32.4 Å². The van der Waals surface area contributed by atoms with Gasteiger partial charge in [0.1, 0.15) is 0 Å². The van der Waals surface area contributed by atoms with Gasteiger partial charge in [-0.25, -0.2) is 0 Å². The number of rotatable bonds is 4. The van der Waals surface area contributed by atoms with Crippen LogP contribution in [-0.4, -0.2) is 42.5 Å². The maximum atomic E-state index is 2.55. The summed E-state index contributed by atoms with van der Waals surface area (Å²) in [4.78, 5) is 5.06. The van der Waals surface area contributed by atoms with Crippen molar-refractivity contribution < 1.29 is 0 Å². The van der Waals surface area contributed by atoms with Crippen LogP contribution in [0.5, 0.6) is 0 Å². The van der Waals surface area contributed by atoms with Gasteiger partial charge in [-0.2, -0.15) is 0 Å². The Balaban J connectivity index is 1.83. The second kappa shape index (κ2) is 6.18. The summed E-state index contributed by atoms with van der Waals surface area (Å²) in [5.41, 5.74) is 1.42. The molecule has 94 valence electrons. The molecular weight excluding hydrogens is 208 g/mol. The summed E-state index contributed by atoms with van der Waals surface area (Å²) in [6.07, 6.45) is 2.63. The van der Waals surface area contributed by atoms with E-state index in [9.17, 15) is 0 Å². The van der Waals surface area contributed by atoms with E-state index in [1.54, 1.807) is 0 Å². The fourth-order valence-corrected chi connectivity index (χ4v) is 2.68. The van der Waals surface area contributed by atoms with Crippen LogP contribution in [0.1, 0.15) is 25.3 Å². The van der Waals surface area contributed by atoms with Crippen LogP contribution < -0.4 is 0 Å². The van der Waals surface area contributed by atoms with Crippen LogP contribution in [0.25, 0.3) is 0 Å². The standard InChI is InChI=1S/C15H24N2/c1-3-17-11-9-15(10-12-17)16(2)13-14-7-5-4-6-8-14/h4-8,15H,3,9-13H2,1-2H3. The zero-order valence-corrected chi connectivity index (χ0v) is 11.1. The molecule has 1 aliphatic heterocycles. The first-order valence-corrected chi connectivity index (χ1v) is 6.76. The lowest BCUT2D eigenvalue weighted by molar-refractivity contribution is 0.127. The van der Waals surface area contributed by atoms with E-state index in [1.807, 2.05) is 0 Å². The lowest BCUT2D eigenvalue weighted by atomic mass is 10.0. The largest absolute Gasteiger partial charge is 0.303 e. The molecule has 2 nitrogen and oxygen atoms in total. The Labute approximate surface area is 105 Å². The van der Waals surface area contributed by atoms with E-state index >= 15 is 0 Å². The van der Waals surface area contributed by atoms with E-state index in [1.165, 1.54) is 38.0 Å². The Morgan fingerprint density at radius 1 is 1.18 bits per heavy atom. The number of hydrogen-bond donors (Lipinski definition) is 0. The molecule has 0 aromatic heterocycles. The fourth-order valence-electron chi connectivity index (χ4n) is 2.68. The Kier molecular flexibility index (Phi) is 4.57. The van der Waals surface area contributed by atoms with Crippen LogP contribution in [0.15, 0.2) is 30.3 Å². The normalized spacial score (nSPS) is 18.8. The molecule has 1 aromatic carbocycles. The van der Waals surface area contributed by atoms with Crippen LogP contribution in [-0.2, 0) is 6.54 Å². The highest BCUT2D eigenvalue weighted by Crippen LogP contribution is 2.17. The Morgan fingerprint density at radius 3 is 2.41 bits per heavy atom. The minimum atomic E-state index is 0.762. The van der Waals surface area contributed by atoms with Gasteiger partial charge in [-0.05, 0) is 45.1 Å². The molecule has 1 fully saturated rings. The van der Waals surface area contributed by atoms with Gasteiger partial charge < -0.3 is 4.90 Å². The highest BCUT2D eigenvalue weighted by molar-refractivity contribution is 5.14. The van der Waals surface area contributed by atoms with E-state index in [-0.39, 0.29) is 0 Å². The van der Waals surface area contributed by atoms with Crippen molar-refractivity contribution in [3.8, 4) is 0 Å². The molecule has 0 amide bonds. The SMILES string of the molecule is CCN1CCC(N(C)Cc2ccccc2)CC1. The predicted octanol–water partition coefficient (Wildman–Crippen LogP) is 2.60. The van der Waals surface area contributed by atoms with Gasteiger partial charge in [0.15, 0.2) is 0 Å². The zero-order chi connectivity index (χ0) is 12.1. The van der Waals surface area contributed by atoms with Gasteiger partial charge in [0, 0.05) is 12.6 Å². The second-order valence-electron chi connectivity index (χ2n) is 5.07. The molecular formula is C15H24N2. The number of likely N-dealkylation sites (tertiary alicyclic amines) is 1. The summed E-state index contributed by atoms with van der Waals surface area (Å²) in [5, 5.41) is 0. The van der Waals surface area contributed by atoms with Crippen molar-refractivity contribution in [1.82, 2.24) is 9.80 Å². The van der Waals surface area contributed by atoms with Gasteiger partial charge in [-0.1, -0.05) is 37.3 Å². The molecule has 0 atom stereocenters. The van der Waals surface area contributed by atoms with Gasteiger partial charge in [0.25, 0.3) is 0 Å². The summed E-state index contributed by atoms with van der Waals surface area (Å²) >= 11 is 0. The molecule has 0 bridgehead atoms. The van der Waals surface area contributed by atoms with Crippen molar-refractivity contribution in [2.75, 3.05) is 26.7 Å². The molecule has 0 saturated carbocycles. The van der Waals surface area contributed by atoms with Crippen molar-refractivity contribution in [3.63, 3.8) is 0 Å². The fraction of sp³-hybridized carbons (Fsp3) is 0.600. The van der Waals surface area contributed by atoms with Gasteiger partial charge in [-0.3, -0.25) is 4.90 Å². The third-order valence-corrected chi connectivity index (χ3v) is 3.90. The first-order valence-electron chi connectivity index (χ1n) is 6.76. The van der Waals surface area contributed by atoms with E-state index in [2.05, 4.69) is 54.1 Å². The summed E-state index contributed by atoms with van der Waals surface area (Å²) in [5.74, 6) is 0. The van der Waals surface area contributed by atoms with Crippen molar-refractivity contribution in [2.24, 2.45) is 0 Å². The third-order valence-electron chi connectivity index (χ3n) is 3.90. The van der Waals surface area contributed by atoms with Gasteiger partial charge >= 0.3 is 0 Å². The Morgan fingerprint density at radius 2 is 1.82 bits per heavy atom. The number of nitrogens with zero attached hydrogens (tertiary/aromatic N) is 2. The van der Waals surface area contributed by atoms with Gasteiger partial charge in [0.2, 0.25) is 0 Å². The monoisotopic (exact) mass is 232 g/mol. The van der Waals surface area contributed by atoms with Crippen molar-refractivity contribution in [1.29, 1.82) is 0 Å². The molecule has 2 heteroatoms. The predicted molar refractivity (Wildman–Crippen MR) is 73.0 cm³/mol. The quantitative estimate of drug-likeness (QED) is 0.787. The third kappa shape index (κ3) is 3.55. The van der Waals surface area contributed by atoms with E-state index < -0.39 is 0 Å². The van der Waals surface area contributed by atoms with Crippen LogP contribution >= 0.6 is 0 Å². The molecule has 0 radical (unpaired) electrons. The van der Waals surface area contributed by atoms with Crippen LogP contribution in [0.3, 0.4) is 0 Å². The molecule has 1 saturated heterocycles. The highest BCUT2D eigenvalue weighted by atomic mass is 15.2. The molecule has 0 spiro atoms. The zero-order valence-electron chi connectivity index (χ0n) is 11.1. The number of hydrogen-bond acceptors (Lipinski definition) is 2. The second-order valence-corrected chi connectivity index (χ2v) is 5.07. The minimum absolute atomic E-state index is 0.762. The molecule has 17 heavy (non-hydrogen) atoms. The van der Waals surface area contributed by atoms with Crippen molar-refractivity contribution in [3.05, 3.63) is 35.9 Å². The maximum Gasteiger partial charge on any atom is 0.0233 e. The average Bonchev–Trinajstić information content (AvgIpc) is 2.40. The number of piperidine rings is 1. The first-order chi connectivity index (χ1) is 8.29. The molecule has 1 heterocycles. The molecule has 1 aromatic rings. The lowest BCUT2D eigenvalue weighted by Crippen LogP contribution is -2.42. The summed E-state index contributed by atoms with van der Waals surface area (Å²) in [7, 11) is 2.26. The molecule has 1 aliphatic rings. The molecule has 0 aliphatic carbocycles.